The Morgan fingerprint density at radius 1 is 1.62 bits per heavy atom. The number of aliphatic carboxylic acids is 1. The van der Waals surface area contributed by atoms with Crippen LogP contribution in [0.3, 0.4) is 0 Å². The van der Waals surface area contributed by atoms with E-state index in [1.54, 1.807) is 11.8 Å². The molecule has 0 aliphatic carbocycles. The number of nitrogens with zero attached hydrogens (tertiary/aromatic N) is 3. The summed E-state index contributed by atoms with van der Waals surface area (Å²) in [6.07, 6.45) is 1.43. The molecule has 1 N–H and O–H groups in total. The quantitative estimate of drug-likeness (QED) is 0.824. The molecule has 1 aromatic rings. The van der Waals surface area contributed by atoms with Crippen molar-refractivity contribution in [3.63, 3.8) is 0 Å². The minimum atomic E-state index is -0.813. The Morgan fingerprint density at radius 2 is 2.31 bits per heavy atom. The predicted molar refractivity (Wildman–Crippen MR) is 56.1 cm³/mol. The molecule has 2 rings (SSSR count). The SMILES string of the molecule is CC(C(=O)O)C1CN(C(=O)c2cnsn2)C1. The number of aromatic nitrogens is 2. The van der Waals surface area contributed by atoms with Gasteiger partial charge in [-0.25, -0.2) is 0 Å². The van der Waals surface area contributed by atoms with Crippen LogP contribution in [0.5, 0.6) is 0 Å². The first kappa shape index (κ1) is 11.0. The van der Waals surface area contributed by atoms with E-state index in [-0.39, 0.29) is 11.8 Å². The number of carbonyl (C=O) groups excluding carboxylic acids is 1. The summed E-state index contributed by atoms with van der Waals surface area (Å²) in [5.74, 6) is -1.33. The molecule has 1 aliphatic rings. The zero-order valence-electron chi connectivity index (χ0n) is 8.66. The minimum Gasteiger partial charge on any atom is -0.481 e. The fraction of sp³-hybridized carbons (Fsp3) is 0.556. The van der Waals surface area contributed by atoms with E-state index in [1.807, 2.05) is 0 Å². The molecule has 6 nitrogen and oxygen atoms in total. The molecule has 0 spiro atoms. The van der Waals surface area contributed by atoms with Crippen LogP contribution in [0, 0.1) is 11.8 Å². The zero-order chi connectivity index (χ0) is 11.7. The molecule has 2 heterocycles. The van der Waals surface area contributed by atoms with E-state index in [2.05, 4.69) is 8.75 Å². The Labute approximate surface area is 96.2 Å². The highest BCUT2D eigenvalue weighted by atomic mass is 32.1. The number of hydrogen-bond acceptors (Lipinski definition) is 5. The number of hydrogen-bond donors (Lipinski definition) is 1. The third kappa shape index (κ3) is 1.90. The Bertz CT molecular complexity index is 400. The average Bonchev–Trinajstić information content (AvgIpc) is 2.67. The highest BCUT2D eigenvalue weighted by molar-refractivity contribution is 6.99. The number of carboxylic acid groups (broad SMARTS) is 1. The second-order valence-corrected chi connectivity index (χ2v) is 4.45. The van der Waals surface area contributed by atoms with Gasteiger partial charge in [-0.2, -0.15) is 8.75 Å². The lowest BCUT2D eigenvalue weighted by atomic mass is 9.87. The lowest BCUT2D eigenvalue weighted by Crippen LogP contribution is -2.53. The van der Waals surface area contributed by atoms with Crippen molar-refractivity contribution < 1.29 is 14.7 Å². The number of carbonyl (C=O) groups is 2. The van der Waals surface area contributed by atoms with Gasteiger partial charge in [-0.1, -0.05) is 6.92 Å². The van der Waals surface area contributed by atoms with Gasteiger partial charge in [0.15, 0.2) is 5.69 Å². The first-order chi connectivity index (χ1) is 7.59. The number of rotatable bonds is 3. The van der Waals surface area contributed by atoms with Gasteiger partial charge in [0.2, 0.25) is 0 Å². The standard InChI is InChI=1S/C9H11N3O3S/c1-5(9(14)15)6-3-12(4-6)8(13)7-2-10-16-11-7/h2,5-6H,3-4H2,1H3,(H,14,15). The maximum absolute atomic E-state index is 11.7. The van der Waals surface area contributed by atoms with Crippen LogP contribution < -0.4 is 0 Å². The van der Waals surface area contributed by atoms with Crippen molar-refractivity contribution in [1.29, 1.82) is 0 Å². The summed E-state index contributed by atoms with van der Waals surface area (Å²) in [6.45, 7) is 2.65. The largest absolute Gasteiger partial charge is 0.481 e. The highest BCUT2D eigenvalue weighted by Gasteiger charge is 2.37. The summed E-state index contributed by atoms with van der Waals surface area (Å²) in [5, 5.41) is 8.80. The highest BCUT2D eigenvalue weighted by Crippen LogP contribution is 2.25. The normalized spacial score (nSPS) is 17.9. The number of carboxylic acids is 1. The van der Waals surface area contributed by atoms with E-state index in [9.17, 15) is 9.59 Å². The first-order valence-electron chi connectivity index (χ1n) is 4.89. The molecular formula is C9H11N3O3S. The molecular weight excluding hydrogens is 230 g/mol. The molecule has 1 atom stereocenters. The third-order valence-corrected chi connectivity index (χ3v) is 3.35. The Hall–Kier alpha value is -1.50. The Morgan fingerprint density at radius 3 is 2.81 bits per heavy atom. The molecule has 16 heavy (non-hydrogen) atoms. The number of amides is 1. The molecule has 1 unspecified atom stereocenters. The molecule has 86 valence electrons. The smallest absolute Gasteiger partial charge is 0.306 e. The van der Waals surface area contributed by atoms with Crippen molar-refractivity contribution in [2.24, 2.45) is 11.8 Å². The molecule has 1 amide bonds. The molecule has 1 aliphatic heterocycles. The predicted octanol–water partition coefficient (Wildman–Crippen LogP) is 0.331. The van der Waals surface area contributed by atoms with Crippen LogP contribution in [0.2, 0.25) is 0 Å². The van der Waals surface area contributed by atoms with Gasteiger partial charge >= 0.3 is 5.97 Å². The fourth-order valence-electron chi connectivity index (χ4n) is 1.62. The van der Waals surface area contributed by atoms with Crippen molar-refractivity contribution >= 4 is 23.6 Å². The average molecular weight is 241 g/mol. The lowest BCUT2D eigenvalue weighted by molar-refractivity contribution is -0.144. The summed E-state index contributed by atoms with van der Waals surface area (Å²) in [5.41, 5.74) is 0.339. The molecule has 7 heteroatoms. The van der Waals surface area contributed by atoms with Crippen molar-refractivity contribution in [1.82, 2.24) is 13.6 Å². The van der Waals surface area contributed by atoms with Gasteiger partial charge in [0.05, 0.1) is 23.8 Å². The molecule has 0 bridgehead atoms. The second kappa shape index (κ2) is 4.17. The van der Waals surface area contributed by atoms with Crippen molar-refractivity contribution in [2.75, 3.05) is 13.1 Å². The van der Waals surface area contributed by atoms with E-state index in [0.717, 1.165) is 11.7 Å². The van der Waals surface area contributed by atoms with Crippen LogP contribution in [-0.2, 0) is 4.79 Å². The molecule has 0 saturated carbocycles. The summed E-state index contributed by atoms with van der Waals surface area (Å²) < 4.78 is 7.60. The van der Waals surface area contributed by atoms with Gasteiger partial charge in [0.1, 0.15) is 0 Å². The van der Waals surface area contributed by atoms with Gasteiger partial charge in [0.25, 0.3) is 5.91 Å². The van der Waals surface area contributed by atoms with E-state index in [0.29, 0.717) is 18.8 Å². The van der Waals surface area contributed by atoms with E-state index < -0.39 is 11.9 Å². The van der Waals surface area contributed by atoms with Crippen LogP contribution in [0.15, 0.2) is 6.20 Å². The van der Waals surface area contributed by atoms with Gasteiger partial charge in [-0.3, -0.25) is 9.59 Å². The molecule has 0 aromatic carbocycles. The topological polar surface area (TPSA) is 83.4 Å². The van der Waals surface area contributed by atoms with Crippen LogP contribution in [0.25, 0.3) is 0 Å². The van der Waals surface area contributed by atoms with Gasteiger partial charge in [0, 0.05) is 19.0 Å². The van der Waals surface area contributed by atoms with Crippen LogP contribution in [-0.4, -0.2) is 43.7 Å². The van der Waals surface area contributed by atoms with Crippen molar-refractivity contribution in [3.05, 3.63) is 11.9 Å². The Balaban J connectivity index is 1.89. The van der Waals surface area contributed by atoms with E-state index in [4.69, 9.17) is 5.11 Å². The van der Waals surface area contributed by atoms with Crippen LogP contribution >= 0.6 is 11.7 Å². The molecule has 1 aromatic heterocycles. The van der Waals surface area contributed by atoms with Gasteiger partial charge in [-0.15, -0.1) is 0 Å². The maximum atomic E-state index is 11.7. The fourth-order valence-corrected chi connectivity index (χ4v) is 2.02. The van der Waals surface area contributed by atoms with E-state index >= 15 is 0 Å². The van der Waals surface area contributed by atoms with Crippen molar-refractivity contribution in [3.8, 4) is 0 Å². The van der Waals surface area contributed by atoms with Gasteiger partial charge in [-0.05, 0) is 0 Å². The third-order valence-electron chi connectivity index (χ3n) is 2.87. The number of likely N-dealkylation sites (tertiary alicyclic amines) is 1. The minimum absolute atomic E-state index is 0.0491. The molecule has 0 radical (unpaired) electrons. The first-order valence-corrected chi connectivity index (χ1v) is 5.62. The zero-order valence-corrected chi connectivity index (χ0v) is 9.48. The summed E-state index contributed by atoms with van der Waals surface area (Å²) in [6, 6.07) is 0. The maximum Gasteiger partial charge on any atom is 0.306 e. The monoisotopic (exact) mass is 241 g/mol. The Kier molecular flexibility index (Phi) is 2.86. The molecule has 1 fully saturated rings. The van der Waals surface area contributed by atoms with Crippen LogP contribution in [0.4, 0.5) is 0 Å². The lowest BCUT2D eigenvalue weighted by Gasteiger charge is -2.40. The van der Waals surface area contributed by atoms with Crippen molar-refractivity contribution in [2.45, 2.75) is 6.92 Å². The van der Waals surface area contributed by atoms with E-state index in [1.165, 1.54) is 6.20 Å². The van der Waals surface area contributed by atoms with Crippen LogP contribution in [0.1, 0.15) is 17.4 Å². The van der Waals surface area contributed by atoms with Gasteiger partial charge < -0.3 is 10.0 Å². The molecule has 1 saturated heterocycles. The summed E-state index contributed by atoms with van der Waals surface area (Å²) in [7, 11) is 0. The second-order valence-electron chi connectivity index (χ2n) is 3.89. The summed E-state index contributed by atoms with van der Waals surface area (Å²) in [4.78, 5) is 24.0. The summed E-state index contributed by atoms with van der Waals surface area (Å²) >= 11 is 0.990.